The van der Waals surface area contributed by atoms with Crippen LogP contribution in [-0.4, -0.2) is 14.2 Å². The first-order valence-corrected chi connectivity index (χ1v) is 5.54. The fourth-order valence-electron chi connectivity index (χ4n) is 1.09. The number of azide groups is 1. The SMILES string of the molecule is CC(=O)c1ccc(S(=O)(=O)N=[N+]=[N-])c(N)c1. The van der Waals surface area contributed by atoms with E-state index in [0.29, 0.717) is 0 Å². The maximum Gasteiger partial charge on any atom is 0.266 e. The molecule has 7 nitrogen and oxygen atoms in total. The molecule has 1 rings (SSSR count). The third-order valence-electron chi connectivity index (χ3n) is 1.84. The Bertz CT molecular complexity index is 587. The summed E-state index contributed by atoms with van der Waals surface area (Å²) >= 11 is 0. The largest absolute Gasteiger partial charge is 0.398 e. The monoisotopic (exact) mass is 240 g/mol. The molecule has 8 heteroatoms. The summed E-state index contributed by atoms with van der Waals surface area (Å²) in [5.41, 5.74) is 13.7. The molecule has 1 aromatic rings. The molecule has 16 heavy (non-hydrogen) atoms. The molecule has 0 bridgehead atoms. The first-order valence-electron chi connectivity index (χ1n) is 4.10. The van der Waals surface area contributed by atoms with Gasteiger partial charge in [-0.05, 0) is 30.7 Å². The van der Waals surface area contributed by atoms with Gasteiger partial charge in [-0.1, -0.05) is 0 Å². The molecule has 0 aliphatic carbocycles. The number of sulfonamides is 1. The van der Waals surface area contributed by atoms with E-state index in [1.165, 1.54) is 19.1 Å². The van der Waals surface area contributed by atoms with Crippen LogP contribution < -0.4 is 5.73 Å². The summed E-state index contributed by atoms with van der Waals surface area (Å²) in [5, 5.41) is 0. The van der Waals surface area contributed by atoms with E-state index in [4.69, 9.17) is 11.3 Å². The van der Waals surface area contributed by atoms with Crippen molar-refractivity contribution in [2.75, 3.05) is 5.73 Å². The van der Waals surface area contributed by atoms with Crippen molar-refractivity contribution >= 4 is 21.5 Å². The van der Waals surface area contributed by atoms with Crippen LogP contribution in [0.25, 0.3) is 10.4 Å². The lowest BCUT2D eigenvalue weighted by atomic mass is 10.1. The fraction of sp³-hybridized carbons (Fsp3) is 0.125. The predicted octanol–water partition coefficient (Wildman–Crippen LogP) is 1.47. The Morgan fingerprint density at radius 2 is 2.12 bits per heavy atom. The number of ketones is 1. The highest BCUT2D eigenvalue weighted by molar-refractivity contribution is 7.90. The third-order valence-corrected chi connectivity index (χ3v) is 3.05. The Morgan fingerprint density at radius 1 is 1.50 bits per heavy atom. The molecule has 0 spiro atoms. The van der Waals surface area contributed by atoms with E-state index in [-0.39, 0.29) is 21.9 Å². The second-order valence-electron chi connectivity index (χ2n) is 2.95. The Labute approximate surface area is 91.6 Å². The molecule has 0 saturated heterocycles. The lowest BCUT2D eigenvalue weighted by Crippen LogP contribution is -2.03. The average molecular weight is 240 g/mol. The van der Waals surface area contributed by atoms with Crippen LogP contribution in [-0.2, 0) is 10.0 Å². The number of carbonyl (C=O) groups is 1. The van der Waals surface area contributed by atoms with Gasteiger partial charge in [0, 0.05) is 15.0 Å². The van der Waals surface area contributed by atoms with E-state index in [2.05, 4.69) is 9.43 Å². The van der Waals surface area contributed by atoms with Gasteiger partial charge < -0.3 is 5.73 Å². The molecule has 0 saturated carbocycles. The molecule has 1 aromatic carbocycles. The highest BCUT2D eigenvalue weighted by atomic mass is 32.2. The zero-order chi connectivity index (χ0) is 12.3. The predicted molar refractivity (Wildman–Crippen MR) is 57.2 cm³/mol. The van der Waals surface area contributed by atoms with Gasteiger partial charge in [0.25, 0.3) is 10.0 Å². The van der Waals surface area contributed by atoms with Gasteiger partial charge in [0.15, 0.2) is 5.78 Å². The highest BCUT2D eigenvalue weighted by Gasteiger charge is 2.16. The highest BCUT2D eigenvalue weighted by Crippen LogP contribution is 2.22. The van der Waals surface area contributed by atoms with E-state index >= 15 is 0 Å². The molecule has 0 heterocycles. The molecule has 0 atom stereocenters. The minimum atomic E-state index is -4.11. The summed E-state index contributed by atoms with van der Waals surface area (Å²) in [6, 6.07) is 3.66. The van der Waals surface area contributed by atoms with Gasteiger partial charge in [-0.3, -0.25) is 4.79 Å². The summed E-state index contributed by atoms with van der Waals surface area (Å²) < 4.78 is 25.3. The Morgan fingerprint density at radius 3 is 2.56 bits per heavy atom. The van der Waals surface area contributed by atoms with Crippen molar-refractivity contribution in [3.63, 3.8) is 0 Å². The van der Waals surface area contributed by atoms with Crippen molar-refractivity contribution in [2.45, 2.75) is 11.8 Å². The number of hydrogen-bond acceptors (Lipinski definition) is 4. The van der Waals surface area contributed by atoms with Crippen LogP contribution in [0.1, 0.15) is 17.3 Å². The maximum absolute atomic E-state index is 11.3. The Kier molecular flexibility index (Phi) is 3.17. The zero-order valence-electron chi connectivity index (χ0n) is 8.28. The second kappa shape index (κ2) is 4.21. The van der Waals surface area contributed by atoms with Crippen molar-refractivity contribution in [3.05, 3.63) is 34.2 Å². The topological polar surface area (TPSA) is 126 Å². The summed E-state index contributed by atoms with van der Waals surface area (Å²) in [6.07, 6.45) is 0. The van der Waals surface area contributed by atoms with Crippen molar-refractivity contribution in [3.8, 4) is 0 Å². The number of hydrogen-bond donors (Lipinski definition) is 1. The summed E-state index contributed by atoms with van der Waals surface area (Å²) in [7, 11) is -4.11. The molecule has 84 valence electrons. The second-order valence-corrected chi connectivity index (χ2v) is 4.51. The molecular weight excluding hydrogens is 232 g/mol. The molecular formula is C8H8N4O3S. The van der Waals surface area contributed by atoms with Gasteiger partial charge in [-0.2, -0.15) is 0 Å². The smallest absolute Gasteiger partial charge is 0.266 e. The molecule has 2 N–H and O–H groups in total. The average Bonchev–Trinajstić information content (AvgIpc) is 2.16. The molecule has 0 unspecified atom stereocenters. The summed E-state index contributed by atoms with van der Waals surface area (Å²) in [5.74, 6) is -0.237. The lowest BCUT2D eigenvalue weighted by Gasteiger charge is -2.03. The number of carbonyl (C=O) groups excluding carboxylic acids is 1. The van der Waals surface area contributed by atoms with E-state index in [0.717, 1.165) is 6.07 Å². The van der Waals surface area contributed by atoms with E-state index < -0.39 is 10.0 Å². The molecule has 0 aromatic heterocycles. The van der Waals surface area contributed by atoms with Crippen LogP contribution >= 0.6 is 0 Å². The molecule has 0 fully saturated rings. The van der Waals surface area contributed by atoms with Crippen LogP contribution in [0, 0.1) is 0 Å². The van der Waals surface area contributed by atoms with Crippen LogP contribution in [0.2, 0.25) is 0 Å². The first-order chi connectivity index (χ1) is 7.38. The van der Waals surface area contributed by atoms with Crippen molar-refractivity contribution in [1.82, 2.24) is 0 Å². The van der Waals surface area contributed by atoms with Crippen molar-refractivity contribution < 1.29 is 13.2 Å². The lowest BCUT2D eigenvalue weighted by molar-refractivity contribution is 0.101. The molecule has 0 aliphatic rings. The van der Waals surface area contributed by atoms with Gasteiger partial charge in [0.1, 0.15) is 0 Å². The summed E-state index contributed by atoms with van der Waals surface area (Å²) in [6.45, 7) is 1.33. The first kappa shape index (κ1) is 12.0. The Hall–Kier alpha value is -2.05. The van der Waals surface area contributed by atoms with E-state index in [9.17, 15) is 13.2 Å². The van der Waals surface area contributed by atoms with Gasteiger partial charge in [0.05, 0.1) is 10.6 Å². The maximum atomic E-state index is 11.3. The standard InChI is InChI=1S/C8H8N4O3S/c1-5(13)6-2-3-8(7(9)4-6)16(14,15)12-11-10/h2-4H,9H2,1H3. The van der Waals surface area contributed by atoms with Gasteiger partial charge in [-0.15, -0.1) is 0 Å². The summed E-state index contributed by atoms with van der Waals surface area (Å²) in [4.78, 5) is 12.9. The fourth-order valence-corrected chi connectivity index (χ4v) is 1.88. The number of nitrogen functional groups attached to an aromatic ring is 1. The Balaban J connectivity index is 3.40. The van der Waals surface area contributed by atoms with Crippen LogP contribution in [0.5, 0.6) is 0 Å². The number of benzene rings is 1. The third kappa shape index (κ3) is 2.30. The number of Topliss-reactive ketones (excluding diaryl/α,β-unsaturated/α-hetero) is 1. The van der Waals surface area contributed by atoms with Crippen LogP contribution in [0.3, 0.4) is 0 Å². The van der Waals surface area contributed by atoms with Gasteiger partial charge >= 0.3 is 0 Å². The minimum Gasteiger partial charge on any atom is -0.398 e. The van der Waals surface area contributed by atoms with Crippen LogP contribution in [0.4, 0.5) is 5.69 Å². The normalized spacial score (nSPS) is 10.6. The molecule has 0 aliphatic heterocycles. The van der Waals surface area contributed by atoms with Gasteiger partial charge in [0.2, 0.25) is 0 Å². The van der Waals surface area contributed by atoms with E-state index in [1.54, 1.807) is 0 Å². The number of anilines is 1. The zero-order valence-corrected chi connectivity index (χ0v) is 9.10. The van der Waals surface area contributed by atoms with Crippen LogP contribution in [0.15, 0.2) is 27.6 Å². The number of nitrogens with two attached hydrogens (primary N) is 1. The van der Waals surface area contributed by atoms with Crippen molar-refractivity contribution in [1.29, 1.82) is 0 Å². The number of rotatable bonds is 3. The van der Waals surface area contributed by atoms with Gasteiger partial charge in [-0.25, -0.2) is 8.42 Å². The van der Waals surface area contributed by atoms with Crippen molar-refractivity contribution in [2.24, 2.45) is 4.52 Å². The number of nitrogens with zero attached hydrogens (tertiary/aromatic N) is 3. The van der Waals surface area contributed by atoms with E-state index in [1.807, 2.05) is 0 Å². The quantitative estimate of drug-likeness (QED) is 0.282. The molecule has 0 amide bonds. The molecule has 0 radical (unpaired) electrons. The minimum absolute atomic E-state index is 0.125.